The molecule has 0 aliphatic rings. The fraction of sp³-hybridized carbons (Fsp3) is 0.462. The summed E-state index contributed by atoms with van der Waals surface area (Å²) in [4.78, 5) is 0. The molecule has 0 nitrogen and oxygen atoms in total. The maximum absolute atomic E-state index is 3.87. The van der Waals surface area contributed by atoms with Crippen LogP contribution in [-0.2, 0) is 6.42 Å². The Labute approximate surface area is 116 Å². The van der Waals surface area contributed by atoms with E-state index in [2.05, 4.69) is 38.1 Å². The van der Waals surface area contributed by atoms with Crippen molar-refractivity contribution in [3.8, 4) is 0 Å². The summed E-state index contributed by atoms with van der Waals surface area (Å²) in [6, 6.07) is 8.56. The average Bonchev–Trinajstić information content (AvgIpc) is 2.15. The van der Waals surface area contributed by atoms with E-state index in [1.54, 1.807) is 0 Å². The third-order valence-corrected chi connectivity index (χ3v) is 2.34. The standard InChI is InChI=1S/C13H19.ClH.Mg/c1-3-4-5-6-7-13-10-8-12(2)9-11-13;;/h8-11H,2-7H2,1H3;1H;/q-1;;+2/p-1. The summed E-state index contributed by atoms with van der Waals surface area (Å²) in [6.45, 7) is 6.12. The molecule has 2 heteroatoms. The molecule has 0 heterocycles. The molecule has 0 saturated carbocycles. The third-order valence-electron chi connectivity index (χ3n) is 2.34. The first-order chi connectivity index (χ1) is 6.33. The summed E-state index contributed by atoms with van der Waals surface area (Å²) < 4.78 is 0. The second-order valence-electron chi connectivity index (χ2n) is 3.63. The van der Waals surface area contributed by atoms with Crippen molar-refractivity contribution in [3.05, 3.63) is 42.3 Å². The number of hydrogen-bond acceptors (Lipinski definition) is 0. The first-order valence-corrected chi connectivity index (χ1v) is 5.24. The molecule has 1 aromatic rings. The van der Waals surface area contributed by atoms with Crippen molar-refractivity contribution in [2.75, 3.05) is 0 Å². The number of hydrogen-bond donors (Lipinski definition) is 0. The van der Waals surface area contributed by atoms with Gasteiger partial charge < -0.3 is 12.4 Å². The van der Waals surface area contributed by atoms with Crippen molar-refractivity contribution >= 4 is 23.1 Å². The Kier molecular flexibility index (Phi) is 12.5. The predicted octanol–water partition coefficient (Wildman–Crippen LogP) is 0.615. The van der Waals surface area contributed by atoms with E-state index in [1.807, 2.05) is 0 Å². The van der Waals surface area contributed by atoms with Crippen LogP contribution >= 0.6 is 0 Å². The van der Waals surface area contributed by atoms with Crippen molar-refractivity contribution in [1.82, 2.24) is 0 Å². The zero-order valence-corrected chi connectivity index (χ0v) is 11.8. The van der Waals surface area contributed by atoms with E-state index in [-0.39, 0.29) is 35.5 Å². The molecule has 0 saturated heterocycles. The van der Waals surface area contributed by atoms with Crippen LogP contribution in [0.3, 0.4) is 0 Å². The second kappa shape index (κ2) is 10.7. The van der Waals surface area contributed by atoms with Crippen LogP contribution in [0, 0.1) is 6.92 Å². The van der Waals surface area contributed by atoms with Gasteiger partial charge in [0.1, 0.15) is 0 Å². The van der Waals surface area contributed by atoms with Gasteiger partial charge in [-0.25, -0.2) is 0 Å². The Balaban J connectivity index is 0. The maximum Gasteiger partial charge on any atom is 2.00 e. The van der Waals surface area contributed by atoms with Gasteiger partial charge in [0, 0.05) is 0 Å². The van der Waals surface area contributed by atoms with Gasteiger partial charge in [-0.2, -0.15) is 24.6 Å². The number of rotatable bonds is 5. The zero-order chi connectivity index (χ0) is 9.52. The summed E-state index contributed by atoms with van der Waals surface area (Å²) in [5, 5.41) is 0. The number of unbranched alkanes of at least 4 members (excludes halogenated alkanes) is 3. The topological polar surface area (TPSA) is 0 Å². The average molecular weight is 235 g/mol. The maximum atomic E-state index is 3.87. The van der Waals surface area contributed by atoms with Crippen molar-refractivity contribution < 1.29 is 12.4 Å². The molecule has 80 valence electrons. The van der Waals surface area contributed by atoms with Gasteiger partial charge >= 0.3 is 23.1 Å². The second-order valence-corrected chi connectivity index (χ2v) is 3.63. The molecule has 0 aliphatic carbocycles. The number of benzene rings is 1. The van der Waals surface area contributed by atoms with Crippen LogP contribution < -0.4 is 12.4 Å². The van der Waals surface area contributed by atoms with Gasteiger partial charge in [-0.15, -0.1) is 12.1 Å². The predicted molar refractivity (Wildman–Crippen MR) is 64.5 cm³/mol. The summed E-state index contributed by atoms with van der Waals surface area (Å²) in [7, 11) is 0. The number of halogens is 1. The van der Waals surface area contributed by atoms with Gasteiger partial charge in [-0.1, -0.05) is 31.7 Å². The molecule has 0 fully saturated rings. The normalized spacial score (nSPS) is 8.87. The van der Waals surface area contributed by atoms with Gasteiger partial charge in [0.2, 0.25) is 0 Å². The van der Waals surface area contributed by atoms with E-state index in [9.17, 15) is 0 Å². The minimum Gasteiger partial charge on any atom is -1.00 e. The molecule has 1 aromatic carbocycles. The van der Waals surface area contributed by atoms with Crippen LogP contribution in [-0.4, -0.2) is 23.1 Å². The van der Waals surface area contributed by atoms with Crippen LogP contribution in [0.1, 0.15) is 43.7 Å². The SMILES string of the molecule is [CH2-]c1ccc(CCCCCC)cc1.[Cl-].[Mg+2]. The summed E-state index contributed by atoms with van der Waals surface area (Å²) in [5.41, 5.74) is 2.56. The summed E-state index contributed by atoms with van der Waals surface area (Å²) in [5.74, 6) is 0. The molecule has 0 unspecified atom stereocenters. The molecule has 0 radical (unpaired) electrons. The minimum absolute atomic E-state index is 0. The fourth-order valence-electron chi connectivity index (χ4n) is 1.46. The van der Waals surface area contributed by atoms with Crippen LogP contribution in [0.4, 0.5) is 0 Å². The van der Waals surface area contributed by atoms with Crippen molar-refractivity contribution in [2.45, 2.75) is 39.0 Å². The van der Waals surface area contributed by atoms with Gasteiger partial charge in [-0.3, -0.25) is 0 Å². The molecule has 15 heavy (non-hydrogen) atoms. The van der Waals surface area contributed by atoms with Crippen molar-refractivity contribution in [2.24, 2.45) is 0 Å². The van der Waals surface area contributed by atoms with E-state index >= 15 is 0 Å². The Morgan fingerprint density at radius 2 is 1.60 bits per heavy atom. The molecule has 0 N–H and O–H groups in total. The van der Waals surface area contributed by atoms with E-state index < -0.39 is 0 Å². The molecule has 0 aliphatic heterocycles. The molecular weight excluding hydrogens is 216 g/mol. The van der Waals surface area contributed by atoms with Gasteiger partial charge in [-0.05, 0) is 12.8 Å². The first kappa shape index (κ1) is 17.5. The molecule has 1 rings (SSSR count). The molecule has 0 aromatic heterocycles. The van der Waals surface area contributed by atoms with E-state index in [4.69, 9.17) is 0 Å². The zero-order valence-electron chi connectivity index (χ0n) is 9.64. The minimum atomic E-state index is 0. The molecule has 0 amide bonds. The Morgan fingerprint density at radius 3 is 2.13 bits per heavy atom. The van der Waals surface area contributed by atoms with Crippen molar-refractivity contribution in [3.63, 3.8) is 0 Å². The molecular formula is C13H19ClMg. The molecule has 0 spiro atoms. The van der Waals surface area contributed by atoms with Crippen LogP contribution in [0.15, 0.2) is 24.3 Å². The fourth-order valence-corrected chi connectivity index (χ4v) is 1.46. The quantitative estimate of drug-likeness (QED) is 0.398. The van der Waals surface area contributed by atoms with Gasteiger partial charge in [0.05, 0.1) is 0 Å². The van der Waals surface area contributed by atoms with Crippen LogP contribution in [0.2, 0.25) is 0 Å². The Morgan fingerprint density at radius 1 is 1.00 bits per heavy atom. The van der Waals surface area contributed by atoms with Crippen LogP contribution in [0.5, 0.6) is 0 Å². The molecule has 0 bridgehead atoms. The van der Waals surface area contributed by atoms with E-state index in [0.717, 1.165) is 5.56 Å². The van der Waals surface area contributed by atoms with Gasteiger partial charge in [0.15, 0.2) is 0 Å². The van der Waals surface area contributed by atoms with Crippen LogP contribution in [0.25, 0.3) is 0 Å². The largest absolute Gasteiger partial charge is 2.00 e. The Bertz CT molecular complexity index is 231. The first-order valence-electron chi connectivity index (χ1n) is 5.24. The third kappa shape index (κ3) is 8.01. The van der Waals surface area contributed by atoms with Crippen molar-refractivity contribution in [1.29, 1.82) is 0 Å². The number of aryl methyl sites for hydroxylation is 1. The van der Waals surface area contributed by atoms with E-state index in [0.29, 0.717) is 0 Å². The summed E-state index contributed by atoms with van der Waals surface area (Å²) >= 11 is 0. The van der Waals surface area contributed by atoms with E-state index in [1.165, 1.54) is 37.7 Å². The monoisotopic (exact) mass is 234 g/mol. The van der Waals surface area contributed by atoms with Gasteiger partial charge in [0.25, 0.3) is 0 Å². The Hall–Kier alpha value is 0.146. The smallest absolute Gasteiger partial charge is 1.00 e. The summed E-state index contributed by atoms with van der Waals surface area (Å²) in [6.07, 6.45) is 6.60. The molecule has 0 atom stereocenters.